The van der Waals surface area contributed by atoms with Crippen LogP contribution < -0.4 is 15.0 Å². The van der Waals surface area contributed by atoms with Crippen molar-refractivity contribution in [2.24, 2.45) is 5.10 Å². The summed E-state index contributed by atoms with van der Waals surface area (Å²) in [4.78, 5) is 17.9. The Hall–Kier alpha value is -3.66. The maximum absolute atomic E-state index is 13.4. The normalized spacial score (nSPS) is 12.7. The molecular formula is C27H23BrF3N3O3. The Balaban J connectivity index is 1.87. The monoisotopic (exact) mass is 573 g/mol. The number of halogens is 4. The first-order valence-corrected chi connectivity index (χ1v) is 12.2. The molecule has 6 nitrogen and oxygen atoms in total. The van der Waals surface area contributed by atoms with Gasteiger partial charge in [-0.05, 0) is 65.7 Å². The molecule has 37 heavy (non-hydrogen) atoms. The second kappa shape index (κ2) is 10.8. The maximum Gasteiger partial charge on any atom is 0.416 e. The van der Waals surface area contributed by atoms with E-state index < -0.39 is 17.3 Å². The van der Waals surface area contributed by atoms with Gasteiger partial charge < -0.3 is 9.47 Å². The lowest BCUT2D eigenvalue weighted by Crippen LogP contribution is -2.20. The van der Waals surface area contributed by atoms with Gasteiger partial charge in [-0.15, -0.1) is 0 Å². The predicted octanol–water partition coefficient (Wildman–Crippen LogP) is 6.91. The summed E-state index contributed by atoms with van der Waals surface area (Å²) in [7, 11) is 1.51. The number of rotatable bonds is 7. The van der Waals surface area contributed by atoms with Crippen LogP contribution in [-0.4, -0.2) is 29.1 Å². The molecule has 0 fully saturated rings. The molecule has 1 heterocycles. The van der Waals surface area contributed by atoms with Crippen molar-refractivity contribution in [3.8, 4) is 22.9 Å². The van der Waals surface area contributed by atoms with E-state index in [0.717, 1.165) is 23.2 Å². The number of hydrogen-bond acceptors (Lipinski definition) is 5. The van der Waals surface area contributed by atoms with Gasteiger partial charge in [0.25, 0.3) is 5.56 Å². The molecule has 0 amide bonds. The number of fused-ring (bicyclic) bond motifs is 1. The molecule has 0 saturated carbocycles. The molecule has 0 bridgehead atoms. The number of hydrogen-bond donors (Lipinski definition) is 0. The van der Waals surface area contributed by atoms with E-state index in [1.807, 2.05) is 13.8 Å². The highest BCUT2D eigenvalue weighted by atomic mass is 79.9. The van der Waals surface area contributed by atoms with Crippen molar-refractivity contribution in [2.45, 2.75) is 32.5 Å². The summed E-state index contributed by atoms with van der Waals surface area (Å²) >= 11 is 3.49. The van der Waals surface area contributed by atoms with E-state index in [-0.39, 0.29) is 22.9 Å². The minimum Gasteiger partial charge on any atom is -0.493 e. The Morgan fingerprint density at radius 3 is 2.57 bits per heavy atom. The fourth-order valence-corrected chi connectivity index (χ4v) is 4.00. The van der Waals surface area contributed by atoms with E-state index in [0.29, 0.717) is 27.1 Å². The molecule has 4 aromatic rings. The first kappa shape index (κ1) is 26.4. The summed E-state index contributed by atoms with van der Waals surface area (Å²) < 4.78 is 53.2. The molecule has 0 N–H and O–H groups in total. The molecule has 0 aliphatic heterocycles. The van der Waals surface area contributed by atoms with Gasteiger partial charge in [0.05, 0.1) is 35.9 Å². The van der Waals surface area contributed by atoms with Crippen LogP contribution in [0.3, 0.4) is 0 Å². The average Bonchev–Trinajstić information content (AvgIpc) is 2.88. The molecule has 0 radical (unpaired) electrons. The van der Waals surface area contributed by atoms with Crippen LogP contribution in [0.5, 0.6) is 11.5 Å². The molecule has 1 aromatic heterocycles. The summed E-state index contributed by atoms with van der Waals surface area (Å²) in [6.07, 6.45) is -2.37. The summed E-state index contributed by atoms with van der Waals surface area (Å²) in [5.41, 5.74) is -0.366. The van der Waals surface area contributed by atoms with Gasteiger partial charge in [0.1, 0.15) is 0 Å². The Labute approximate surface area is 219 Å². The Morgan fingerprint density at radius 1 is 1.11 bits per heavy atom. The van der Waals surface area contributed by atoms with Crippen LogP contribution in [0, 0.1) is 0 Å². The van der Waals surface area contributed by atoms with E-state index in [1.165, 1.54) is 25.5 Å². The number of nitrogens with zero attached hydrogens (tertiary/aromatic N) is 3. The quantitative estimate of drug-likeness (QED) is 0.225. The van der Waals surface area contributed by atoms with Crippen molar-refractivity contribution in [2.75, 3.05) is 7.11 Å². The molecule has 192 valence electrons. The van der Waals surface area contributed by atoms with Gasteiger partial charge in [0.2, 0.25) is 0 Å². The highest BCUT2D eigenvalue weighted by Gasteiger charge is 2.31. The fourth-order valence-electron chi connectivity index (χ4n) is 3.57. The summed E-state index contributed by atoms with van der Waals surface area (Å²) in [5.74, 6) is 0.980. The molecule has 1 atom stereocenters. The molecule has 3 aromatic carbocycles. The summed E-state index contributed by atoms with van der Waals surface area (Å²) in [6, 6.07) is 14.7. The minimum absolute atomic E-state index is 0.0224. The van der Waals surface area contributed by atoms with Crippen LogP contribution in [0.2, 0.25) is 0 Å². The number of benzene rings is 3. The van der Waals surface area contributed by atoms with E-state index in [4.69, 9.17) is 9.47 Å². The third-order valence-corrected chi connectivity index (χ3v) is 6.39. The highest BCUT2D eigenvalue weighted by molar-refractivity contribution is 9.10. The highest BCUT2D eigenvalue weighted by Crippen LogP contribution is 2.34. The number of aromatic nitrogens is 2. The predicted molar refractivity (Wildman–Crippen MR) is 141 cm³/mol. The number of ether oxygens (including phenoxy) is 2. The molecule has 0 aliphatic carbocycles. The Bertz CT molecular complexity index is 1530. The molecular weight excluding hydrogens is 551 g/mol. The van der Waals surface area contributed by atoms with Gasteiger partial charge in [-0.1, -0.05) is 31.2 Å². The van der Waals surface area contributed by atoms with Crippen LogP contribution >= 0.6 is 15.9 Å². The van der Waals surface area contributed by atoms with Gasteiger partial charge in [-0.25, -0.2) is 4.98 Å². The van der Waals surface area contributed by atoms with E-state index in [9.17, 15) is 18.0 Å². The van der Waals surface area contributed by atoms with Gasteiger partial charge in [-0.3, -0.25) is 4.79 Å². The largest absolute Gasteiger partial charge is 0.493 e. The molecule has 10 heteroatoms. The zero-order valence-corrected chi connectivity index (χ0v) is 21.8. The van der Waals surface area contributed by atoms with E-state index >= 15 is 0 Å². The van der Waals surface area contributed by atoms with E-state index in [1.54, 1.807) is 36.4 Å². The number of methoxy groups -OCH3 is 1. The minimum atomic E-state index is -4.55. The molecule has 4 rings (SSSR count). The van der Waals surface area contributed by atoms with Crippen molar-refractivity contribution in [1.82, 2.24) is 9.66 Å². The average molecular weight is 574 g/mol. The van der Waals surface area contributed by atoms with Crippen molar-refractivity contribution < 1.29 is 22.6 Å². The van der Waals surface area contributed by atoms with Crippen LogP contribution in [-0.2, 0) is 6.18 Å². The Kier molecular flexibility index (Phi) is 7.68. The van der Waals surface area contributed by atoms with Crippen LogP contribution in [0.4, 0.5) is 13.2 Å². The zero-order valence-electron chi connectivity index (χ0n) is 20.2. The summed E-state index contributed by atoms with van der Waals surface area (Å²) in [6.45, 7) is 3.95. The molecule has 0 aliphatic rings. The first-order chi connectivity index (χ1) is 17.6. The van der Waals surface area contributed by atoms with E-state index in [2.05, 4.69) is 26.0 Å². The third-order valence-electron chi connectivity index (χ3n) is 5.70. The van der Waals surface area contributed by atoms with Gasteiger partial charge in [-0.2, -0.15) is 22.9 Å². The lowest BCUT2D eigenvalue weighted by molar-refractivity contribution is -0.137. The van der Waals surface area contributed by atoms with Gasteiger partial charge in [0, 0.05) is 15.6 Å². The van der Waals surface area contributed by atoms with Crippen LogP contribution in [0.25, 0.3) is 22.3 Å². The zero-order chi connectivity index (χ0) is 26.7. The second-order valence-corrected chi connectivity index (χ2v) is 9.11. The molecule has 0 saturated heterocycles. The standard InChI is InChI=1S/C27H23BrF3N3O3/c1-4-16(2)37-24-14-21(28)18(13-23(24)36-3)15-32-34-25(17-8-7-9-19(12-17)27(29,30)31)33-22-11-6-5-10-20(22)26(34)35/h5-16H,4H2,1-3H3/t16-/m1/s1. The topological polar surface area (TPSA) is 65.7 Å². The lowest BCUT2D eigenvalue weighted by atomic mass is 10.1. The van der Waals surface area contributed by atoms with Gasteiger partial charge >= 0.3 is 6.18 Å². The van der Waals surface area contributed by atoms with Crippen LogP contribution in [0.15, 0.2) is 75.0 Å². The van der Waals surface area contributed by atoms with Crippen molar-refractivity contribution >= 4 is 33.0 Å². The summed E-state index contributed by atoms with van der Waals surface area (Å²) in [5, 5.41) is 4.63. The first-order valence-electron chi connectivity index (χ1n) is 11.4. The second-order valence-electron chi connectivity index (χ2n) is 8.25. The Morgan fingerprint density at radius 2 is 1.86 bits per heavy atom. The fraction of sp³-hybridized carbons (Fsp3) is 0.222. The van der Waals surface area contributed by atoms with Crippen molar-refractivity contribution in [3.63, 3.8) is 0 Å². The smallest absolute Gasteiger partial charge is 0.416 e. The van der Waals surface area contributed by atoms with Crippen molar-refractivity contribution in [1.29, 1.82) is 0 Å². The SMILES string of the molecule is CC[C@@H](C)Oc1cc(Br)c(C=Nn2c(-c3cccc(C(F)(F)F)c3)nc3ccccc3c2=O)cc1OC. The van der Waals surface area contributed by atoms with Crippen LogP contribution in [0.1, 0.15) is 31.4 Å². The number of alkyl halides is 3. The van der Waals surface area contributed by atoms with Crippen molar-refractivity contribution in [3.05, 3.63) is 86.6 Å². The maximum atomic E-state index is 13.4. The lowest BCUT2D eigenvalue weighted by Gasteiger charge is -2.16. The third kappa shape index (κ3) is 5.69. The molecule has 0 spiro atoms. The number of para-hydroxylation sites is 1. The van der Waals surface area contributed by atoms with Gasteiger partial charge in [0.15, 0.2) is 17.3 Å². The molecule has 0 unspecified atom stereocenters.